The van der Waals surface area contributed by atoms with Crippen LogP contribution in [0.15, 0.2) is 58.9 Å². The zero-order valence-corrected chi connectivity index (χ0v) is 19.0. The van der Waals surface area contributed by atoms with Crippen LogP contribution in [-0.4, -0.2) is 37.3 Å². The first kappa shape index (κ1) is 25.2. The van der Waals surface area contributed by atoms with Gasteiger partial charge in [-0.1, -0.05) is 54.9 Å². The SMILES string of the molecule is CCOCC(C)(C=O)CC(Cc1ccc(-c2cccc(Cl)c2)cc1)NC(=O)C(=[NH2+])N=NN. The molecule has 0 saturated heterocycles. The van der Waals surface area contributed by atoms with Crippen LogP contribution in [-0.2, 0) is 20.7 Å². The molecular formula is C23H29ClN5O3+. The molecule has 0 spiro atoms. The molecule has 0 aliphatic carbocycles. The lowest BCUT2D eigenvalue weighted by atomic mass is 9.83. The van der Waals surface area contributed by atoms with Gasteiger partial charge in [-0.05, 0) is 48.6 Å². The molecule has 2 unspecified atom stereocenters. The van der Waals surface area contributed by atoms with Crippen LogP contribution in [0.25, 0.3) is 11.1 Å². The quantitative estimate of drug-likeness (QED) is 0.126. The number of amides is 1. The van der Waals surface area contributed by atoms with E-state index in [0.29, 0.717) is 24.5 Å². The summed E-state index contributed by atoms with van der Waals surface area (Å²) in [5.41, 5.74) is 2.23. The largest absolute Gasteiger partial charge is 0.408 e. The number of amidine groups is 1. The molecule has 9 heteroatoms. The number of rotatable bonds is 10. The second kappa shape index (κ2) is 12.1. The van der Waals surface area contributed by atoms with Crippen molar-refractivity contribution < 1.29 is 19.7 Å². The van der Waals surface area contributed by atoms with Crippen molar-refractivity contribution in [2.75, 3.05) is 13.2 Å². The third kappa shape index (κ3) is 7.55. The first-order valence-corrected chi connectivity index (χ1v) is 10.6. The molecule has 0 aromatic heterocycles. The van der Waals surface area contributed by atoms with Crippen LogP contribution in [0, 0.1) is 5.41 Å². The highest BCUT2D eigenvalue weighted by Gasteiger charge is 2.31. The maximum absolute atomic E-state index is 12.4. The summed E-state index contributed by atoms with van der Waals surface area (Å²) < 4.78 is 5.47. The van der Waals surface area contributed by atoms with E-state index in [1.807, 2.05) is 55.5 Å². The molecule has 0 fully saturated rings. The summed E-state index contributed by atoms with van der Waals surface area (Å²) >= 11 is 6.09. The molecule has 2 atom stereocenters. The van der Waals surface area contributed by atoms with Crippen LogP contribution in [0.3, 0.4) is 0 Å². The summed E-state index contributed by atoms with van der Waals surface area (Å²) in [4.78, 5) is 24.2. The number of hydrogen-bond acceptors (Lipinski definition) is 4. The Morgan fingerprint density at radius 3 is 2.59 bits per heavy atom. The molecule has 170 valence electrons. The molecule has 0 radical (unpaired) electrons. The van der Waals surface area contributed by atoms with Crippen LogP contribution >= 0.6 is 11.6 Å². The molecular weight excluding hydrogens is 430 g/mol. The topological polar surface area (TPSA) is 132 Å². The Morgan fingerprint density at radius 2 is 2.00 bits per heavy atom. The maximum Gasteiger partial charge on any atom is 0.408 e. The van der Waals surface area contributed by atoms with E-state index in [1.165, 1.54) is 0 Å². The number of ether oxygens (including phenoxy) is 1. The highest BCUT2D eigenvalue weighted by Crippen LogP contribution is 2.26. The fraction of sp³-hybridized carbons (Fsp3) is 0.348. The number of nitrogens with one attached hydrogen (secondary N) is 1. The van der Waals surface area contributed by atoms with Gasteiger partial charge in [0.2, 0.25) is 0 Å². The van der Waals surface area contributed by atoms with Gasteiger partial charge >= 0.3 is 11.7 Å². The van der Waals surface area contributed by atoms with Gasteiger partial charge in [-0.15, -0.1) is 0 Å². The average Bonchev–Trinajstić information content (AvgIpc) is 2.78. The predicted octanol–water partition coefficient (Wildman–Crippen LogP) is 2.15. The number of hydrogen-bond donors (Lipinski definition) is 3. The van der Waals surface area contributed by atoms with Gasteiger partial charge in [0, 0.05) is 28.3 Å². The molecule has 1 amide bonds. The second-order valence-corrected chi connectivity index (χ2v) is 8.23. The van der Waals surface area contributed by atoms with Gasteiger partial charge in [-0.3, -0.25) is 16.0 Å². The van der Waals surface area contributed by atoms with Crippen LogP contribution in [0.4, 0.5) is 0 Å². The normalized spacial score (nSPS) is 14.0. The Morgan fingerprint density at radius 1 is 1.28 bits per heavy atom. The molecule has 0 aliphatic heterocycles. The molecule has 2 aromatic rings. The van der Waals surface area contributed by atoms with E-state index in [2.05, 4.69) is 15.7 Å². The minimum Gasteiger partial charge on any atom is -0.381 e. The van der Waals surface area contributed by atoms with Crippen molar-refractivity contribution in [1.82, 2.24) is 5.32 Å². The number of halogens is 1. The fourth-order valence-corrected chi connectivity index (χ4v) is 3.56. The van der Waals surface area contributed by atoms with Crippen LogP contribution in [0.1, 0.15) is 25.8 Å². The van der Waals surface area contributed by atoms with Crippen LogP contribution in [0.2, 0.25) is 5.02 Å². The Labute approximate surface area is 192 Å². The van der Waals surface area contributed by atoms with E-state index in [-0.39, 0.29) is 12.4 Å². The van der Waals surface area contributed by atoms with Crippen molar-refractivity contribution in [3.63, 3.8) is 0 Å². The monoisotopic (exact) mass is 458 g/mol. The smallest absolute Gasteiger partial charge is 0.381 e. The summed E-state index contributed by atoms with van der Waals surface area (Å²) in [5, 5.41) is 15.5. The van der Waals surface area contributed by atoms with Gasteiger partial charge in [0.25, 0.3) is 0 Å². The minimum absolute atomic E-state index is 0.245. The Hall–Kier alpha value is -3.10. The highest BCUT2D eigenvalue weighted by molar-refractivity contribution is 6.35. The molecule has 5 N–H and O–H groups in total. The van der Waals surface area contributed by atoms with Crippen molar-refractivity contribution in [1.29, 1.82) is 0 Å². The minimum atomic E-state index is -0.779. The average molecular weight is 459 g/mol. The molecule has 8 nitrogen and oxygen atoms in total. The molecule has 2 rings (SSSR count). The Balaban J connectivity index is 2.21. The van der Waals surface area contributed by atoms with Crippen molar-refractivity contribution in [2.45, 2.75) is 32.7 Å². The number of carbonyl (C=O) groups is 2. The lowest BCUT2D eigenvalue weighted by Crippen LogP contribution is -2.52. The highest BCUT2D eigenvalue weighted by atomic mass is 35.5. The van der Waals surface area contributed by atoms with Crippen molar-refractivity contribution in [3.8, 4) is 11.1 Å². The zero-order valence-electron chi connectivity index (χ0n) is 18.3. The second-order valence-electron chi connectivity index (χ2n) is 7.80. The van der Waals surface area contributed by atoms with Gasteiger partial charge in [0.05, 0.1) is 6.61 Å². The lowest BCUT2D eigenvalue weighted by Gasteiger charge is -2.28. The van der Waals surface area contributed by atoms with Crippen LogP contribution in [0.5, 0.6) is 0 Å². The molecule has 0 saturated carbocycles. The van der Waals surface area contributed by atoms with Gasteiger partial charge < -0.3 is 14.8 Å². The molecule has 0 bridgehead atoms. The lowest BCUT2D eigenvalue weighted by molar-refractivity contribution is -0.138. The van der Waals surface area contributed by atoms with Crippen LogP contribution < -0.4 is 16.6 Å². The predicted molar refractivity (Wildman–Crippen MR) is 124 cm³/mol. The fourth-order valence-electron chi connectivity index (χ4n) is 3.37. The van der Waals surface area contributed by atoms with Crippen molar-refractivity contribution in [3.05, 3.63) is 59.1 Å². The summed E-state index contributed by atoms with van der Waals surface area (Å²) in [6, 6.07) is 15.1. The van der Waals surface area contributed by atoms with Gasteiger partial charge in [-0.25, -0.2) is 0 Å². The van der Waals surface area contributed by atoms with Crippen molar-refractivity contribution >= 4 is 29.6 Å². The maximum atomic E-state index is 12.4. The Bertz CT molecular complexity index is 964. The molecule has 0 aliphatic rings. The van der Waals surface area contributed by atoms with E-state index in [1.54, 1.807) is 6.92 Å². The third-order valence-electron chi connectivity index (χ3n) is 4.96. The summed E-state index contributed by atoms with van der Waals surface area (Å²) in [5.74, 6) is 4.02. The van der Waals surface area contributed by atoms with Gasteiger partial charge in [0.15, 0.2) is 0 Å². The third-order valence-corrected chi connectivity index (χ3v) is 5.20. The first-order valence-electron chi connectivity index (χ1n) is 10.2. The molecule has 32 heavy (non-hydrogen) atoms. The number of aldehydes is 1. The van der Waals surface area contributed by atoms with E-state index >= 15 is 0 Å². The number of nitrogens with zero attached hydrogens (tertiary/aromatic N) is 2. The number of nitrogens with two attached hydrogens (primary N) is 2. The number of carbonyl (C=O) groups excluding carboxylic acids is 2. The molecule has 0 heterocycles. The van der Waals surface area contributed by atoms with E-state index < -0.39 is 17.4 Å². The summed E-state index contributed by atoms with van der Waals surface area (Å²) in [6.07, 6.45) is 1.69. The van der Waals surface area contributed by atoms with Gasteiger partial charge in [0.1, 0.15) is 11.4 Å². The number of benzene rings is 2. The molecule has 2 aromatic carbocycles. The summed E-state index contributed by atoms with van der Waals surface area (Å²) in [7, 11) is 0. The Kier molecular flexibility index (Phi) is 9.49. The van der Waals surface area contributed by atoms with Crippen molar-refractivity contribution in [2.24, 2.45) is 21.6 Å². The summed E-state index contributed by atoms with van der Waals surface area (Å²) in [6.45, 7) is 4.39. The van der Waals surface area contributed by atoms with Gasteiger partial charge in [-0.2, -0.15) is 0 Å². The standard InChI is InChI=1S/C23H28ClN5O3/c1-3-32-15-23(2,14-30)13-20(27-22(31)21(25)28-29-26)11-16-7-9-17(10-8-16)18-5-4-6-19(24)12-18/h4-10,12,14,20H,3,11,13,15H2,1-2H3,(H,27,31)(H3,25,26,28)/p+1. The van der Waals surface area contributed by atoms with E-state index in [0.717, 1.165) is 23.0 Å². The van der Waals surface area contributed by atoms with E-state index in [4.69, 9.17) is 27.6 Å². The van der Waals surface area contributed by atoms with E-state index in [9.17, 15) is 9.59 Å². The zero-order chi connectivity index (χ0) is 23.6. The first-order chi connectivity index (χ1) is 15.3.